The molecule has 1 aliphatic rings. The van der Waals surface area contributed by atoms with Crippen molar-refractivity contribution < 1.29 is 4.21 Å². The summed E-state index contributed by atoms with van der Waals surface area (Å²) < 4.78 is 14.3. The lowest BCUT2D eigenvalue weighted by Crippen LogP contribution is -2.46. The molecule has 96 valence electrons. The lowest BCUT2D eigenvalue weighted by Gasteiger charge is -2.33. The van der Waals surface area contributed by atoms with Gasteiger partial charge in [-0.25, -0.2) is 8.51 Å². The van der Waals surface area contributed by atoms with E-state index in [0.717, 1.165) is 18.0 Å². The number of fused-ring (bicyclic) bond motifs is 1. The van der Waals surface area contributed by atoms with Crippen molar-refractivity contribution in [2.75, 3.05) is 13.6 Å². The molecular formula is C12H20N2OS2. The van der Waals surface area contributed by atoms with Crippen LogP contribution in [0.3, 0.4) is 0 Å². The number of thiophene rings is 1. The predicted molar refractivity (Wildman–Crippen MR) is 73.4 cm³/mol. The molecule has 1 aromatic heterocycles. The summed E-state index contributed by atoms with van der Waals surface area (Å²) in [5, 5.41) is 5.36. The topological polar surface area (TPSA) is 32.3 Å². The van der Waals surface area contributed by atoms with Crippen LogP contribution < -0.4 is 5.32 Å². The van der Waals surface area contributed by atoms with Gasteiger partial charge >= 0.3 is 0 Å². The Labute approximate surface area is 110 Å². The maximum absolute atomic E-state index is 12.3. The lowest BCUT2D eigenvalue weighted by atomic mass is 9.87. The first-order chi connectivity index (χ1) is 7.93. The Morgan fingerprint density at radius 1 is 1.59 bits per heavy atom. The van der Waals surface area contributed by atoms with Gasteiger partial charge in [0.25, 0.3) is 0 Å². The summed E-state index contributed by atoms with van der Waals surface area (Å²) in [7, 11) is 1.02. The molecule has 2 atom stereocenters. The minimum Gasteiger partial charge on any atom is -0.315 e. The van der Waals surface area contributed by atoms with Crippen LogP contribution in [-0.4, -0.2) is 28.1 Å². The van der Waals surface area contributed by atoms with E-state index in [-0.39, 0.29) is 5.41 Å². The average molecular weight is 272 g/mol. The number of rotatable bonds is 3. The zero-order chi connectivity index (χ0) is 12.6. The Morgan fingerprint density at radius 3 is 2.82 bits per heavy atom. The van der Waals surface area contributed by atoms with Crippen LogP contribution in [-0.2, 0) is 17.5 Å². The van der Waals surface area contributed by atoms with Crippen molar-refractivity contribution in [3.63, 3.8) is 0 Å². The highest BCUT2D eigenvalue weighted by atomic mass is 32.2. The number of hydrogen-bond acceptors (Lipinski definition) is 3. The molecule has 0 saturated heterocycles. The Bertz CT molecular complexity index is 422. The molecule has 0 aromatic carbocycles. The minimum atomic E-state index is -0.958. The van der Waals surface area contributed by atoms with Crippen molar-refractivity contribution in [3.05, 3.63) is 16.3 Å². The molecule has 1 unspecified atom stereocenters. The van der Waals surface area contributed by atoms with Gasteiger partial charge < -0.3 is 5.32 Å². The highest BCUT2D eigenvalue weighted by molar-refractivity contribution is 7.83. The summed E-state index contributed by atoms with van der Waals surface area (Å²) in [6.45, 7) is 8.29. The molecule has 0 bridgehead atoms. The van der Waals surface area contributed by atoms with Gasteiger partial charge in [0.15, 0.2) is 0 Å². The quantitative estimate of drug-likeness (QED) is 0.915. The van der Waals surface area contributed by atoms with Crippen molar-refractivity contribution in [2.45, 2.75) is 38.3 Å². The van der Waals surface area contributed by atoms with Gasteiger partial charge in [0.2, 0.25) is 0 Å². The number of hydrogen-bond donors (Lipinski definition) is 1. The Balaban J connectivity index is 2.07. The summed E-state index contributed by atoms with van der Waals surface area (Å²) in [5.41, 5.74) is 0.176. The van der Waals surface area contributed by atoms with Crippen LogP contribution in [0, 0.1) is 5.41 Å². The summed E-state index contributed by atoms with van der Waals surface area (Å²) in [5.74, 6) is 0. The van der Waals surface area contributed by atoms with Gasteiger partial charge in [-0.1, -0.05) is 20.8 Å². The Morgan fingerprint density at radius 2 is 2.29 bits per heavy atom. The molecule has 1 aromatic rings. The normalized spacial score (nSPS) is 22.7. The van der Waals surface area contributed by atoms with Crippen LogP contribution >= 0.6 is 11.3 Å². The van der Waals surface area contributed by atoms with Gasteiger partial charge in [0, 0.05) is 24.0 Å². The van der Waals surface area contributed by atoms with E-state index in [0.29, 0.717) is 6.04 Å². The third kappa shape index (κ3) is 2.62. The standard InChI is InChI=1S/C12H20N2OS2/c1-12(2,3)11(13-4)8-14-7-9-10(17(14)15)5-6-16-9/h5-6,11,13H,7-8H2,1-4H3/t11-,17?/m1/s1. The van der Waals surface area contributed by atoms with E-state index in [1.54, 1.807) is 11.3 Å². The van der Waals surface area contributed by atoms with Crippen LogP contribution in [0.5, 0.6) is 0 Å². The SMILES string of the molecule is CN[C@H](CN1Cc2sccc2S1=O)C(C)(C)C. The maximum Gasteiger partial charge on any atom is 0.129 e. The van der Waals surface area contributed by atoms with E-state index in [1.165, 1.54) is 4.88 Å². The molecule has 2 heterocycles. The van der Waals surface area contributed by atoms with Crippen molar-refractivity contribution >= 4 is 22.3 Å². The van der Waals surface area contributed by atoms with E-state index in [4.69, 9.17) is 0 Å². The van der Waals surface area contributed by atoms with Crippen LogP contribution in [0.1, 0.15) is 25.6 Å². The van der Waals surface area contributed by atoms with Crippen LogP contribution in [0.2, 0.25) is 0 Å². The first-order valence-corrected chi connectivity index (χ1v) is 7.82. The van der Waals surface area contributed by atoms with Crippen LogP contribution in [0.15, 0.2) is 16.3 Å². The van der Waals surface area contributed by atoms with Crippen LogP contribution in [0.4, 0.5) is 0 Å². The van der Waals surface area contributed by atoms with E-state index in [9.17, 15) is 4.21 Å². The summed E-state index contributed by atoms with van der Waals surface area (Å²) in [6, 6.07) is 2.34. The molecule has 3 nitrogen and oxygen atoms in total. The molecule has 1 aliphatic heterocycles. The average Bonchev–Trinajstić information content (AvgIpc) is 2.77. The predicted octanol–water partition coefficient (Wildman–Crippen LogP) is 2.22. The lowest BCUT2D eigenvalue weighted by molar-refractivity contribution is 0.238. The molecule has 5 heteroatoms. The van der Waals surface area contributed by atoms with Gasteiger partial charge in [0.1, 0.15) is 11.0 Å². The van der Waals surface area contributed by atoms with E-state index < -0.39 is 11.0 Å². The van der Waals surface area contributed by atoms with Gasteiger partial charge in [-0.15, -0.1) is 11.3 Å². The summed E-state index contributed by atoms with van der Waals surface area (Å²) in [4.78, 5) is 2.27. The zero-order valence-electron chi connectivity index (χ0n) is 10.8. The fraction of sp³-hybridized carbons (Fsp3) is 0.667. The van der Waals surface area contributed by atoms with E-state index >= 15 is 0 Å². The Kier molecular flexibility index (Phi) is 3.73. The number of nitrogens with one attached hydrogen (secondary N) is 1. The molecule has 0 radical (unpaired) electrons. The molecule has 1 N–H and O–H groups in total. The van der Waals surface area contributed by atoms with Crippen molar-refractivity contribution in [3.8, 4) is 0 Å². The summed E-state index contributed by atoms with van der Waals surface area (Å²) >= 11 is 1.71. The molecule has 0 fully saturated rings. The minimum absolute atomic E-state index is 0.176. The summed E-state index contributed by atoms with van der Waals surface area (Å²) in [6.07, 6.45) is 0. The Hall–Kier alpha value is -0.230. The largest absolute Gasteiger partial charge is 0.315 e. The highest BCUT2D eigenvalue weighted by Gasteiger charge is 2.33. The van der Waals surface area contributed by atoms with E-state index in [2.05, 4.69) is 30.4 Å². The first kappa shape index (κ1) is 13.2. The molecule has 17 heavy (non-hydrogen) atoms. The third-order valence-electron chi connectivity index (χ3n) is 3.23. The van der Waals surface area contributed by atoms with Crippen molar-refractivity contribution in [1.82, 2.24) is 9.62 Å². The second kappa shape index (κ2) is 4.80. The second-order valence-electron chi connectivity index (χ2n) is 5.49. The zero-order valence-corrected chi connectivity index (χ0v) is 12.5. The van der Waals surface area contributed by atoms with Gasteiger partial charge in [-0.3, -0.25) is 0 Å². The molecule has 0 amide bonds. The number of likely N-dealkylation sites (N-methyl/N-ethyl adjacent to an activating group) is 1. The molecule has 0 aliphatic carbocycles. The fourth-order valence-corrected chi connectivity index (χ4v) is 4.65. The van der Waals surface area contributed by atoms with Gasteiger partial charge in [-0.2, -0.15) is 0 Å². The van der Waals surface area contributed by atoms with Gasteiger partial charge in [-0.05, 0) is 23.9 Å². The highest BCUT2D eigenvalue weighted by Crippen LogP contribution is 2.32. The number of nitrogens with zero attached hydrogens (tertiary/aromatic N) is 1. The third-order valence-corrected chi connectivity index (χ3v) is 5.77. The molecule has 0 spiro atoms. The smallest absolute Gasteiger partial charge is 0.129 e. The van der Waals surface area contributed by atoms with E-state index in [1.807, 2.05) is 18.5 Å². The monoisotopic (exact) mass is 272 g/mol. The van der Waals surface area contributed by atoms with Crippen molar-refractivity contribution in [1.29, 1.82) is 0 Å². The van der Waals surface area contributed by atoms with Gasteiger partial charge in [0.05, 0.1) is 4.90 Å². The van der Waals surface area contributed by atoms with Crippen LogP contribution in [0.25, 0.3) is 0 Å². The second-order valence-corrected chi connectivity index (χ2v) is 7.94. The first-order valence-electron chi connectivity index (χ1n) is 5.84. The van der Waals surface area contributed by atoms with Crippen molar-refractivity contribution in [2.24, 2.45) is 5.41 Å². The molecule has 0 saturated carbocycles. The maximum atomic E-state index is 12.3. The molecular weight excluding hydrogens is 252 g/mol. The fourth-order valence-electron chi connectivity index (χ4n) is 2.09. The molecule has 2 rings (SSSR count).